The highest BCUT2D eigenvalue weighted by molar-refractivity contribution is 7.92. The number of aromatic amines is 1. The number of aromatic nitrogens is 2. The zero-order valence-electron chi connectivity index (χ0n) is 14.3. The Labute approximate surface area is 151 Å². The number of benzene rings is 2. The number of nitrogens with one attached hydrogen (secondary N) is 3. The SMILES string of the molecule is Cc1cc(C)cc(NC(=O)c2cn[nH]c2S(=O)(=O)Nc2ccccc2)c1. The average Bonchev–Trinajstić information content (AvgIpc) is 3.05. The second-order valence-corrected chi connectivity index (χ2v) is 7.53. The van der Waals surface area contributed by atoms with Crippen LogP contribution in [-0.4, -0.2) is 24.5 Å². The van der Waals surface area contributed by atoms with Gasteiger partial charge in [-0.05, 0) is 49.2 Å². The fourth-order valence-electron chi connectivity index (χ4n) is 2.60. The summed E-state index contributed by atoms with van der Waals surface area (Å²) in [5.74, 6) is -0.558. The Morgan fingerprint density at radius 1 is 1.00 bits per heavy atom. The van der Waals surface area contributed by atoms with Crippen LogP contribution in [0.25, 0.3) is 0 Å². The summed E-state index contributed by atoms with van der Waals surface area (Å²) in [7, 11) is -3.98. The molecule has 0 aliphatic heterocycles. The van der Waals surface area contributed by atoms with E-state index < -0.39 is 15.9 Å². The first-order valence-electron chi connectivity index (χ1n) is 7.86. The van der Waals surface area contributed by atoms with E-state index in [0.717, 1.165) is 11.1 Å². The molecule has 26 heavy (non-hydrogen) atoms. The van der Waals surface area contributed by atoms with Crippen molar-refractivity contribution in [3.8, 4) is 0 Å². The predicted molar refractivity (Wildman–Crippen MR) is 99.7 cm³/mol. The molecule has 3 rings (SSSR count). The molecule has 0 saturated heterocycles. The Hall–Kier alpha value is -3.13. The minimum absolute atomic E-state index is 0.0624. The molecule has 7 nitrogen and oxygen atoms in total. The summed E-state index contributed by atoms with van der Waals surface area (Å²) >= 11 is 0. The zero-order chi connectivity index (χ0) is 18.7. The number of H-pyrrole nitrogens is 1. The van der Waals surface area contributed by atoms with Gasteiger partial charge in [0.2, 0.25) is 0 Å². The average molecular weight is 370 g/mol. The van der Waals surface area contributed by atoms with Crippen LogP contribution in [0.5, 0.6) is 0 Å². The number of anilines is 2. The molecule has 0 aliphatic carbocycles. The van der Waals surface area contributed by atoms with Crippen molar-refractivity contribution in [2.24, 2.45) is 0 Å². The maximum absolute atomic E-state index is 12.6. The summed E-state index contributed by atoms with van der Waals surface area (Å²) in [6.45, 7) is 3.83. The minimum atomic E-state index is -3.98. The van der Waals surface area contributed by atoms with Gasteiger partial charge in [-0.3, -0.25) is 14.6 Å². The molecule has 0 spiro atoms. The molecular formula is C18H18N4O3S. The van der Waals surface area contributed by atoms with Crippen LogP contribution in [0.3, 0.4) is 0 Å². The molecule has 0 unspecified atom stereocenters. The monoisotopic (exact) mass is 370 g/mol. The van der Waals surface area contributed by atoms with E-state index in [-0.39, 0.29) is 10.6 Å². The molecule has 3 N–H and O–H groups in total. The molecular weight excluding hydrogens is 352 g/mol. The molecule has 3 aromatic rings. The summed E-state index contributed by atoms with van der Waals surface area (Å²) in [5.41, 5.74) is 2.90. The summed E-state index contributed by atoms with van der Waals surface area (Å²) in [6.07, 6.45) is 1.19. The van der Waals surface area contributed by atoms with Gasteiger partial charge in [0, 0.05) is 11.4 Å². The van der Waals surface area contributed by atoms with Crippen LogP contribution in [0, 0.1) is 13.8 Å². The summed E-state index contributed by atoms with van der Waals surface area (Å²) in [6, 6.07) is 14.0. The molecule has 0 radical (unpaired) electrons. The molecule has 0 aliphatic rings. The topological polar surface area (TPSA) is 104 Å². The number of nitrogens with zero attached hydrogens (tertiary/aromatic N) is 1. The summed E-state index contributed by atoms with van der Waals surface area (Å²) in [4.78, 5) is 12.6. The van der Waals surface area contributed by atoms with Gasteiger partial charge in [0.25, 0.3) is 15.9 Å². The Balaban J connectivity index is 1.86. The van der Waals surface area contributed by atoms with Gasteiger partial charge in [-0.15, -0.1) is 0 Å². The number of para-hydroxylation sites is 1. The van der Waals surface area contributed by atoms with Crippen LogP contribution in [0.2, 0.25) is 0 Å². The van der Waals surface area contributed by atoms with E-state index in [1.807, 2.05) is 19.9 Å². The molecule has 0 saturated carbocycles. The number of hydrogen-bond donors (Lipinski definition) is 3. The number of carbonyl (C=O) groups excluding carboxylic acids is 1. The number of hydrogen-bond acceptors (Lipinski definition) is 4. The lowest BCUT2D eigenvalue weighted by molar-refractivity contribution is 0.102. The van der Waals surface area contributed by atoms with Crippen molar-refractivity contribution in [1.29, 1.82) is 0 Å². The van der Waals surface area contributed by atoms with Crippen LogP contribution < -0.4 is 10.0 Å². The molecule has 0 fully saturated rings. The third-order valence-electron chi connectivity index (χ3n) is 3.62. The third kappa shape index (κ3) is 3.92. The van der Waals surface area contributed by atoms with Crippen LogP contribution in [-0.2, 0) is 10.0 Å². The van der Waals surface area contributed by atoms with E-state index in [2.05, 4.69) is 20.2 Å². The maximum atomic E-state index is 12.6. The Morgan fingerprint density at radius 2 is 1.65 bits per heavy atom. The van der Waals surface area contributed by atoms with Crippen LogP contribution in [0.1, 0.15) is 21.5 Å². The molecule has 0 atom stereocenters. The lowest BCUT2D eigenvalue weighted by Gasteiger charge is -2.09. The lowest BCUT2D eigenvalue weighted by atomic mass is 10.1. The zero-order valence-corrected chi connectivity index (χ0v) is 15.1. The van der Waals surface area contributed by atoms with Gasteiger partial charge in [-0.1, -0.05) is 24.3 Å². The maximum Gasteiger partial charge on any atom is 0.279 e. The second-order valence-electron chi connectivity index (χ2n) is 5.91. The van der Waals surface area contributed by atoms with Crippen LogP contribution in [0.15, 0.2) is 59.8 Å². The fourth-order valence-corrected chi connectivity index (χ4v) is 3.75. The van der Waals surface area contributed by atoms with Gasteiger partial charge in [-0.25, -0.2) is 0 Å². The number of amides is 1. The van der Waals surface area contributed by atoms with Crippen molar-refractivity contribution in [2.45, 2.75) is 18.9 Å². The quantitative estimate of drug-likeness (QED) is 0.642. The minimum Gasteiger partial charge on any atom is -0.322 e. The van der Waals surface area contributed by atoms with Crippen molar-refractivity contribution in [3.05, 3.63) is 71.4 Å². The first kappa shape index (κ1) is 17.7. The number of rotatable bonds is 5. The highest BCUT2D eigenvalue weighted by Crippen LogP contribution is 2.20. The summed E-state index contributed by atoms with van der Waals surface area (Å²) in [5, 5.41) is 8.54. The van der Waals surface area contributed by atoms with Gasteiger partial charge in [0.1, 0.15) is 0 Å². The van der Waals surface area contributed by atoms with Crippen molar-refractivity contribution in [1.82, 2.24) is 10.2 Å². The molecule has 1 heterocycles. The van der Waals surface area contributed by atoms with Crippen molar-refractivity contribution in [3.63, 3.8) is 0 Å². The van der Waals surface area contributed by atoms with E-state index in [4.69, 9.17) is 0 Å². The largest absolute Gasteiger partial charge is 0.322 e. The van der Waals surface area contributed by atoms with Gasteiger partial charge < -0.3 is 5.32 Å². The number of carbonyl (C=O) groups is 1. The van der Waals surface area contributed by atoms with Gasteiger partial charge >= 0.3 is 0 Å². The molecule has 134 valence electrons. The predicted octanol–water partition coefficient (Wildman–Crippen LogP) is 3.08. The molecule has 0 bridgehead atoms. The highest BCUT2D eigenvalue weighted by Gasteiger charge is 2.25. The van der Waals surface area contributed by atoms with Crippen LogP contribution in [0.4, 0.5) is 11.4 Å². The molecule has 8 heteroatoms. The van der Waals surface area contributed by atoms with E-state index >= 15 is 0 Å². The fraction of sp³-hybridized carbons (Fsp3) is 0.111. The second kappa shape index (κ2) is 7.01. The Morgan fingerprint density at radius 3 is 2.31 bits per heavy atom. The normalized spacial score (nSPS) is 11.2. The van der Waals surface area contributed by atoms with Gasteiger partial charge in [0.05, 0.1) is 11.8 Å². The Kier molecular flexibility index (Phi) is 4.77. The van der Waals surface area contributed by atoms with Crippen molar-refractivity contribution in [2.75, 3.05) is 10.0 Å². The standard InChI is InChI=1S/C18H18N4O3S/c1-12-8-13(2)10-15(9-12)20-17(23)16-11-19-21-18(16)26(24,25)22-14-6-4-3-5-7-14/h3-11,22H,1-2H3,(H,19,21)(H,20,23). The number of sulfonamides is 1. The first-order chi connectivity index (χ1) is 12.3. The first-order valence-corrected chi connectivity index (χ1v) is 9.34. The van der Waals surface area contributed by atoms with E-state index in [9.17, 15) is 13.2 Å². The number of aryl methyl sites for hydroxylation is 2. The lowest BCUT2D eigenvalue weighted by Crippen LogP contribution is -2.19. The molecule has 2 aromatic carbocycles. The molecule has 1 aromatic heterocycles. The van der Waals surface area contributed by atoms with Gasteiger partial charge in [-0.2, -0.15) is 13.5 Å². The Bertz CT molecular complexity index is 1020. The van der Waals surface area contributed by atoms with Crippen molar-refractivity contribution < 1.29 is 13.2 Å². The third-order valence-corrected chi connectivity index (χ3v) is 4.98. The van der Waals surface area contributed by atoms with E-state index in [1.54, 1.807) is 42.5 Å². The van der Waals surface area contributed by atoms with Gasteiger partial charge in [0.15, 0.2) is 5.03 Å². The smallest absolute Gasteiger partial charge is 0.279 e. The highest BCUT2D eigenvalue weighted by atomic mass is 32.2. The van der Waals surface area contributed by atoms with Crippen LogP contribution >= 0.6 is 0 Å². The van der Waals surface area contributed by atoms with Crippen molar-refractivity contribution >= 4 is 27.3 Å². The molecule has 1 amide bonds. The van der Waals surface area contributed by atoms with E-state index in [0.29, 0.717) is 11.4 Å². The van der Waals surface area contributed by atoms with E-state index in [1.165, 1.54) is 6.20 Å². The summed E-state index contributed by atoms with van der Waals surface area (Å²) < 4.78 is 27.6.